The first-order valence-corrected chi connectivity index (χ1v) is 7.24. The number of hydrogen-bond acceptors (Lipinski definition) is 3. The van der Waals surface area contributed by atoms with Crippen molar-refractivity contribution in [3.63, 3.8) is 0 Å². The van der Waals surface area contributed by atoms with Crippen molar-refractivity contribution >= 4 is 0 Å². The molecular formula is C16H26N2O. The van der Waals surface area contributed by atoms with Gasteiger partial charge in [-0.3, -0.25) is 4.90 Å². The second kappa shape index (κ2) is 6.40. The number of nitrogens with two attached hydrogens (primary N) is 1. The van der Waals surface area contributed by atoms with Crippen molar-refractivity contribution in [1.82, 2.24) is 4.90 Å². The van der Waals surface area contributed by atoms with Gasteiger partial charge in [-0.25, -0.2) is 0 Å². The van der Waals surface area contributed by atoms with Gasteiger partial charge in [0.15, 0.2) is 0 Å². The molecule has 0 bridgehead atoms. The fraction of sp³-hybridized carbons (Fsp3) is 0.625. The Hall–Kier alpha value is -1.06. The van der Waals surface area contributed by atoms with Gasteiger partial charge in [-0.2, -0.15) is 0 Å². The van der Waals surface area contributed by atoms with E-state index in [2.05, 4.69) is 36.9 Å². The van der Waals surface area contributed by atoms with Gasteiger partial charge in [-0.1, -0.05) is 19.1 Å². The number of benzene rings is 1. The lowest BCUT2D eigenvalue weighted by atomic mass is 9.94. The minimum atomic E-state index is 0.528. The highest BCUT2D eigenvalue weighted by atomic mass is 16.5. The van der Waals surface area contributed by atoms with E-state index < -0.39 is 0 Å². The van der Waals surface area contributed by atoms with Crippen molar-refractivity contribution < 1.29 is 4.74 Å². The summed E-state index contributed by atoms with van der Waals surface area (Å²) >= 11 is 0. The van der Waals surface area contributed by atoms with Gasteiger partial charge in [0.1, 0.15) is 5.75 Å². The van der Waals surface area contributed by atoms with E-state index in [1.807, 2.05) is 0 Å². The van der Waals surface area contributed by atoms with E-state index in [0.29, 0.717) is 12.6 Å². The molecule has 0 amide bonds. The van der Waals surface area contributed by atoms with Crippen molar-refractivity contribution in [1.29, 1.82) is 0 Å². The summed E-state index contributed by atoms with van der Waals surface area (Å²) in [5, 5.41) is 0. The Kier molecular flexibility index (Phi) is 4.83. The Balaban J connectivity index is 2.09. The molecule has 1 aromatic rings. The largest absolute Gasteiger partial charge is 0.496 e. The van der Waals surface area contributed by atoms with Crippen LogP contribution >= 0.6 is 0 Å². The smallest absolute Gasteiger partial charge is 0.123 e. The minimum absolute atomic E-state index is 0.528. The Morgan fingerprint density at radius 1 is 1.32 bits per heavy atom. The lowest BCUT2D eigenvalue weighted by Crippen LogP contribution is -2.40. The highest BCUT2D eigenvalue weighted by Crippen LogP contribution is 2.25. The molecule has 2 unspecified atom stereocenters. The van der Waals surface area contributed by atoms with Gasteiger partial charge < -0.3 is 10.5 Å². The molecule has 1 aliphatic heterocycles. The van der Waals surface area contributed by atoms with Crippen LogP contribution in [0.1, 0.15) is 37.8 Å². The quantitative estimate of drug-likeness (QED) is 0.907. The predicted molar refractivity (Wildman–Crippen MR) is 79.2 cm³/mol. The van der Waals surface area contributed by atoms with E-state index in [9.17, 15) is 0 Å². The second-order valence-corrected chi connectivity index (χ2v) is 5.81. The zero-order valence-electron chi connectivity index (χ0n) is 12.4. The average molecular weight is 262 g/mol. The topological polar surface area (TPSA) is 38.5 Å². The summed E-state index contributed by atoms with van der Waals surface area (Å²) in [5.74, 6) is 1.72. The highest BCUT2D eigenvalue weighted by molar-refractivity contribution is 5.37. The third-order valence-corrected chi connectivity index (χ3v) is 4.20. The summed E-state index contributed by atoms with van der Waals surface area (Å²) in [6.45, 7) is 7.41. The van der Waals surface area contributed by atoms with Gasteiger partial charge in [-0.05, 0) is 37.3 Å². The Morgan fingerprint density at radius 3 is 2.79 bits per heavy atom. The molecule has 0 aliphatic carbocycles. The van der Waals surface area contributed by atoms with Crippen molar-refractivity contribution in [3.05, 3.63) is 29.3 Å². The first-order valence-electron chi connectivity index (χ1n) is 7.24. The molecule has 0 radical (unpaired) electrons. The standard InChI is InChI=1S/C16H26N2O/c1-12-4-5-13(2)18(10-12)11-14-6-7-15(9-17)16(8-14)19-3/h6-8,12-13H,4-5,9-11,17H2,1-3H3. The molecular weight excluding hydrogens is 236 g/mol. The number of nitrogens with zero attached hydrogens (tertiary/aromatic N) is 1. The summed E-state index contributed by atoms with van der Waals surface area (Å²) in [5.41, 5.74) is 8.10. The monoisotopic (exact) mass is 262 g/mol. The summed E-state index contributed by atoms with van der Waals surface area (Å²) < 4.78 is 5.42. The number of ether oxygens (including phenoxy) is 1. The van der Waals surface area contributed by atoms with Crippen molar-refractivity contribution in [2.45, 2.75) is 45.8 Å². The predicted octanol–water partition coefficient (Wildman–Crippen LogP) is 2.77. The normalized spacial score (nSPS) is 24.4. The van der Waals surface area contributed by atoms with Crippen LogP contribution in [0.4, 0.5) is 0 Å². The van der Waals surface area contributed by atoms with Gasteiger partial charge in [-0.15, -0.1) is 0 Å². The maximum Gasteiger partial charge on any atom is 0.123 e. The van der Waals surface area contributed by atoms with Gasteiger partial charge in [0.2, 0.25) is 0 Å². The maximum atomic E-state index is 5.71. The molecule has 1 aliphatic rings. The number of likely N-dealkylation sites (tertiary alicyclic amines) is 1. The first kappa shape index (κ1) is 14.4. The van der Waals surface area contributed by atoms with E-state index in [1.54, 1.807) is 7.11 Å². The second-order valence-electron chi connectivity index (χ2n) is 5.81. The van der Waals surface area contributed by atoms with Gasteiger partial charge in [0, 0.05) is 31.2 Å². The minimum Gasteiger partial charge on any atom is -0.496 e. The molecule has 0 spiro atoms. The maximum absolute atomic E-state index is 5.71. The molecule has 0 aromatic heterocycles. The van der Waals surface area contributed by atoms with Gasteiger partial charge in [0.05, 0.1) is 7.11 Å². The number of hydrogen-bond donors (Lipinski definition) is 1. The summed E-state index contributed by atoms with van der Waals surface area (Å²) in [4.78, 5) is 2.57. The fourth-order valence-corrected chi connectivity index (χ4v) is 2.89. The third kappa shape index (κ3) is 3.48. The number of rotatable bonds is 4. The highest BCUT2D eigenvalue weighted by Gasteiger charge is 2.22. The molecule has 2 N–H and O–H groups in total. The number of piperidine rings is 1. The molecule has 1 aromatic carbocycles. The van der Waals surface area contributed by atoms with Crippen LogP contribution in [0.2, 0.25) is 0 Å². The molecule has 2 rings (SSSR count). The van der Waals surface area contributed by atoms with Crippen LogP contribution in [0.25, 0.3) is 0 Å². The zero-order chi connectivity index (χ0) is 13.8. The van der Waals surface area contributed by atoms with Crippen LogP contribution in [0, 0.1) is 5.92 Å². The van der Waals surface area contributed by atoms with Crippen LogP contribution in [0.15, 0.2) is 18.2 Å². The van der Waals surface area contributed by atoms with Crippen LogP contribution < -0.4 is 10.5 Å². The Labute approximate surface area is 116 Å². The summed E-state index contributed by atoms with van der Waals surface area (Å²) in [7, 11) is 1.71. The molecule has 3 nitrogen and oxygen atoms in total. The molecule has 1 saturated heterocycles. The molecule has 2 atom stereocenters. The van der Waals surface area contributed by atoms with E-state index in [0.717, 1.165) is 23.8 Å². The molecule has 1 fully saturated rings. The first-order chi connectivity index (χ1) is 9.13. The average Bonchev–Trinajstić information content (AvgIpc) is 2.42. The fourth-order valence-electron chi connectivity index (χ4n) is 2.89. The zero-order valence-corrected chi connectivity index (χ0v) is 12.4. The van der Waals surface area contributed by atoms with Gasteiger partial charge in [0.25, 0.3) is 0 Å². The lowest BCUT2D eigenvalue weighted by molar-refractivity contribution is 0.117. The Morgan fingerprint density at radius 2 is 2.11 bits per heavy atom. The van der Waals surface area contributed by atoms with E-state index in [-0.39, 0.29) is 0 Å². The number of methoxy groups -OCH3 is 1. The third-order valence-electron chi connectivity index (χ3n) is 4.20. The van der Waals surface area contributed by atoms with Crippen LogP contribution in [0.5, 0.6) is 5.75 Å². The van der Waals surface area contributed by atoms with Crippen molar-refractivity contribution in [2.75, 3.05) is 13.7 Å². The Bertz CT molecular complexity index is 419. The summed E-state index contributed by atoms with van der Waals surface area (Å²) in [6, 6.07) is 7.08. The molecule has 106 valence electrons. The molecule has 3 heteroatoms. The van der Waals surface area contributed by atoms with E-state index in [4.69, 9.17) is 10.5 Å². The van der Waals surface area contributed by atoms with Gasteiger partial charge >= 0.3 is 0 Å². The summed E-state index contributed by atoms with van der Waals surface area (Å²) in [6.07, 6.45) is 2.66. The van der Waals surface area contributed by atoms with Crippen LogP contribution in [0.3, 0.4) is 0 Å². The van der Waals surface area contributed by atoms with Crippen LogP contribution in [-0.4, -0.2) is 24.6 Å². The lowest BCUT2D eigenvalue weighted by Gasteiger charge is -2.36. The van der Waals surface area contributed by atoms with E-state index >= 15 is 0 Å². The van der Waals surface area contributed by atoms with Crippen molar-refractivity contribution in [3.8, 4) is 5.75 Å². The SMILES string of the molecule is COc1cc(CN2CC(C)CCC2C)ccc1CN. The van der Waals surface area contributed by atoms with Crippen LogP contribution in [-0.2, 0) is 13.1 Å². The van der Waals surface area contributed by atoms with E-state index in [1.165, 1.54) is 24.9 Å². The molecule has 1 heterocycles. The van der Waals surface area contributed by atoms with Crippen molar-refractivity contribution in [2.24, 2.45) is 11.7 Å². The molecule has 19 heavy (non-hydrogen) atoms. The molecule has 0 saturated carbocycles.